The van der Waals surface area contributed by atoms with Crippen LogP contribution in [-0.2, 0) is 14.9 Å². The van der Waals surface area contributed by atoms with Crippen molar-refractivity contribution in [2.45, 2.75) is 12.3 Å². The Morgan fingerprint density at radius 2 is 2.31 bits per heavy atom. The van der Waals surface area contributed by atoms with E-state index in [1.807, 2.05) is 18.2 Å². The maximum absolute atomic E-state index is 11.7. The van der Waals surface area contributed by atoms with Gasteiger partial charge in [-0.2, -0.15) is 0 Å². The molecule has 1 aromatic carbocycles. The topological polar surface area (TPSA) is 55.0 Å². The van der Waals surface area contributed by atoms with E-state index >= 15 is 0 Å². The first-order valence-electron chi connectivity index (χ1n) is 5.25. The van der Waals surface area contributed by atoms with Crippen LogP contribution in [0.5, 0.6) is 0 Å². The molecule has 0 amide bonds. The Bertz CT molecular complexity index is 555. The number of Topliss-reactive ketones (excluding diaryl/α,β-unsaturated/α-hetero) is 1. The highest BCUT2D eigenvalue weighted by molar-refractivity contribution is 5.90. The van der Waals surface area contributed by atoms with Crippen LogP contribution in [0.25, 0.3) is 11.0 Å². The van der Waals surface area contributed by atoms with Crippen molar-refractivity contribution in [1.29, 1.82) is 0 Å². The van der Waals surface area contributed by atoms with Crippen molar-refractivity contribution in [3.05, 3.63) is 30.1 Å². The molecular weight excluding hydrogens is 204 g/mol. The average molecular weight is 216 g/mol. The molecule has 1 saturated heterocycles. The molecule has 0 bridgehead atoms. The van der Waals surface area contributed by atoms with Crippen LogP contribution in [-0.4, -0.2) is 29.0 Å². The number of nitrogens with zero attached hydrogens (tertiary/aromatic N) is 1. The van der Waals surface area contributed by atoms with Gasteiger partial charge in [-0.3, -0.25) is 4.79 Å². The van der Waals surface area contributed by atoms with Gasteiger partial charge in [0, 0.05) is 0 Å². The van der Waals surface area contributed by atoms with Crippen molar-refractivity contribution in [1.82, 2.24) is 9.97 Å². The minimum Gasteiger partial charge on any atom is -0.378 e. The second-order valence-electron chi connectivity index (χ2n) is 4.27. The molecule has 1 aromatic heterocycles. The summed E-state index contributed by atoms with van der Waals surface area (Å²) >= 11 is 0. The number of fused-ring (bicyclic) bond motifs is 1. The Morgan fingerprint density at radius 3 is 2.94 bits per heavy atom. The molecule has 2 aromatic rings. The van der Waals surface area contributed by atoms with E-state index in [0.717, 1.165) is 16.6 Å². The molecule has 4 heteroatoms. The first kappa shape index (κ1) is 9.54. The monoisotopic (exact) mass is 216 g/mol. The number of benzene rings is 1. The maximum atomic E-state index is 11.7. The van der Waals surface area contributed by atoms with E-state index in [1.54, 1.807) is 13.3 Å². The Kier molecular flexibility index (Phi) is 1.88. The summed E-state index contributed by atoms with van der Waals surface area (Å²) in [7, 11) is 0. The number of imidazole rings is 1. The second kappa shape index (κ2) is 3.15. The number of rotatable bonds is 2. The lowest BCUT2D eigenvalue weighted by atomic mass is 9.75. The molecule has 3 rings (SSSR count). The van der Waals surface area contributed by atoms with E-state index < -0.39 is 5.41 Å². The van der Waals surface area contributed by atoms with Gasteiger partial charge in [-0.05, 0) is 24.6 Å². The summed E-state index contributed by atoms with van der Waals surface area (Å²) in [6.07, 6.45) is 1.66. The minimum absolute atomic E-state index is 0.164. The molecule has 0 radical (unpaired) electrons. The summed E-state index contributed by atoms with van der Waals surface area (Å²) in [6.45, 7) is 2.60. The van der Waals surface area contributed by atoms with E-state index in [1.165, 1.54) is 0 Å². The van der Waals surface area contributed by atoms with Crippen molar-refractivity contribution in [3.63, 3.8) is 0 Å². The fourth-order valence-corrected chi connectivity index (χ4v) is 2.11. The molecule has 1 aliphatic heterocycles. The van der Waals surface area contributed by atoms with Crippen LogP contribution in [0.15, 0.2) is 24.5 Å². The van der Waals surface area contributed by atoms with Gasteiger partial charge in [0.1, 0.15) is 11.2 Å². The third kappa shape index (κ3) is 1.13. The third-order valence-electron chi connectivity index (χ3n) is 3.34. The molecule has 82 valence electrons. The zero-order valence-electron chi connectivity index (χ0n) is 8.99. The van der Waals surface area contributed by atoms with E-state index in [2.05, 4.69) is 9.97 Å². The number of carbonyl (C=O) groups excluding carboxylic acids is 1. The van der Waals surface area contributed by atoms with Crippen molar-refractivity contribution >= 4 is 16.8 Å². The number of ketones is 1. The quantitative estimate of drug-likeness (QED) is 0.826. The van der Waals surface area contributed by atoms with Crippen molar-refractivity contribution in [3.8, 4) is 0 Å². The standard InChI is InChI=1S/C12H12N2O2/c1-8(15)12(5-16-6-12)9-2-3-10-11(4-9)14-7-13-10/h2-4,7H,5-6H2,1H3,(H,13,14). The highest BCUT2D eigenvalue weighted by atomic mass is 16.5. The normalized spacial score (nSPS) is 18.3. The number of carbonyl (C=O) groups is 1. The van der Waals surface area contributed by atoms with Gasteiger partial charge in [0.2, 0.25) is 0 Å². The molecule has 0 unspecified atom stereocenters. The predicted octanol–water partition coefficient (Wildman–Crippen LogP) is 1.42. The average Bonchev–Trinajstić information content (AvgIpc) is 2.62. The molecule has 1 fully saturated rings. The minimum atomic E-state index is -0.431. The maximum Gasteiger partial charge on any atom is 0.145 e. The SMILES string of the molecule is CC(=O)C1(c2ccc3nc[nH]c3c2)COC1. The molecule has 16 heavy (non-hydrogen) atoms. The lowest BCUT2D eigenvalue weighted by molar-refractivity contribution is -0.140. The van der Waals surface area contributed by atoms with E-state index in [-0.39, 0.29) is 5.78 Å². The number of nitrogens with one attached hydrogen (secondary N) is 1. The zero-order chi connectivity index (χ0) is 11.2. The lowest BCUT2D eigenvalue weighted by Crippen LogP contribution is -2.52. The van der Waals surface area contributed by atoms with Crippen LogP contribution in [0, 0.1) is 0 Å². The van der Waals surface area contributed by atoms with Gasteiger partial charge >= 0.3 is 0 Å². The number of aromatic nitrogens is 2. The Hall–Kier alpha value is -1.68. The van der Waals surface area contributed by atoms with Gasteiger partial charge in [-0.25, -0.2) is 4.98 Å². The highest BCUT2D eigenvalue weighted by Gasteiger charge is 2.44. The molecule has 0 atom stereocenters. The highest BCUT2D eigenvalue weighted by Crippen LogP contribution is 2.34. The molecule has 1 aliphatic rings. The van der Waals surface area contributed by atoms with Gasteiger partial charge in [0.25, 0.3) is 0 Å². The fraction of sp³-hybridized carbons (Fsp3) is 0.333. The molecular formula is C12H12N2O2. The number of H-pyrrole nitrogens is 1. The Balaban J connectivity index is 2.14. The van der Waals surface area contributed by atoms with Crippen LogP contribution in [0.3, 0.4) is 0 Å². The van der Waals surface area contributed by atoms with Crippen molar-refractivity contribution < 1.29 is 9.53 Å². The first-order valence-corrected chi connectivity index (χ1v) is 5.25. The number of aromatic amines is 1. The summed E-state index contributed by atoms with van der Waals surface area (Å²) in [5, 5.41) is 0. The first-order chi connectivity index (χ1) is 7.72. The van der Waals surface area contributed by atoms with Gasteiger partial charge in [0.15, 0.2) is 0 Å². The summed E-state index contributed by atoms with van der Waals surface area (Å²) in [4.78, 5) is 18.9. The smallest absolute Gasteiger partial charge is 0.145 e. The largest absolute Gasteiger partial charge is 0.378 e. The van der Waals surface area contributed by atoms with Gasteiger partial charge in [-0.15, -0.1) is 0 Å². The summed E-state index contributed by atoms with van der Waals surface area (Å²) < 4.78 is 5.20. The molecule has 4 nitrogen and oxygen atoms in total. The fourth-order valence-electron chi connectivity index (χ4n) is 2.11. The molecule has 2 heterocycles. The molecule has 0 aliphatic carbocycles. The predicted molar refractivity (Wildman–Crippen MR) is 59.3 cm³/mol. The van der Waals surface area contributed by atoms with E-state index in [0.29, 0.717) is 13.2 Å². The van der Waals surface area contributed by atoms with Crippen LogP contribution in [0.2, 0.25) is 0 Å². The summed E-state index contributed by atoms with van der Waals surface area (Å²) in [5.41, 5.74) is 2.47. The Morgan fingerprint density at radius 1 is 1.50 bits per heavy atom. The van der Waals surface area contributed by atoms with Gasteiger partial charge < -0.3 is 9.72 Å². The molecule has 0 saturated carbocycles. The zero-order valence-corrected chi connectivity index (χ0v) is 8.99. The second-order valence-corrected chi connectivity index (χ2v) is 4.27. The van der Waals surface area contributed by atoms with E-state index in [4.69, 9.17) is 4.74 Å². The number of hydrogen-bond acceptors (Lipinski definition) is 3. The lowest BCUT2D eigenvalue weighted by Gasteiger charge is -2.39. The van der Waals surface area contributed by atoms with E-state index in [9.17, 15) is 4.79 Å². The molecule has 0 spiro atoms. The Labute approximate surface area is 92.6 Å². The van der Waals surface area contributed by atoms with Crippen LogP contribution in [0.4, 0.5) is 0 Å². The molecule has 1 N–H and O–H groups in total. The third-order valence-corrected chi connectivity index (χ3v) is 3.34. The van der Waals surface area contributed by atoms with Gasteiger partial charge in [0.05, 0.1) is 30.6 Å². The van der Waals surface area contributed by atoms with Crippen molar-refractivity contribution in [2.24, 2.45) is 0 Å². The van der Waals surface area contributed by atoms with Gasteiger partial charge in [-0.1, -0.05) is 6.07 Å². The summed E-state index contributed by atoms with van der Waals surface area (Å²) in [6, 6.07) is 5.89. The van der Waals surface area contributed by atoms with Crippen molar-refractivity contribution in [2.75, 3.05) is 13.2 Å². The van der Waals surface area contributed by atoms with Crippen LogP contribution < -0.4 is 0 Å². The van der Waals surface area contributed by atoms with Crippen LogP contribution in [0.1, 0.15) is 12.5 Å². The summed E-state index contributed by atoms with van der Waals surface area (Å²) in [5.74, 6) is 0.164. The number of ether oxygens (including phenoxy) is 1. The number of hydrogen-bond donors (Lipinski definition) is 1. The van der Waals surface area contributed by atoms with Crippen LogP contribution >= 0.6 is 0 Å².